The Morgan fingerprint density at radius 3 is 2.00 bits per heavy atom. The third-order valence-corrected chi connectivity index (χ3v) is 1.86. The number of aliphatic hydroxyl groups excluding tert-OH is 1. The van der Waals surface area contributed by atoms with Crippen LogP contribution in [0.4, 0.5) is 26.3 Å². The van der Waals surface area contributed by atoms with Crippen molar-refractivity contribution in [1.29, 1.82) is 0 Å². The van der Waals surface area contributed by atoms with Crippen LogP contribution >= 0.6 is 0 Å². The molecule has 19 heavy (non-hydrogen) atoms. The van der Waals surface area contributed by atoms with Gasteiger partial charge in [0.05, 0.1) is 6.61 Å². The zero-order valence-electron chi connectivity index (χ0n) is 9.13. The molecule has 1 rings (SSSR count). The van der Waals surface area contributed by atoms with E-state index in [4.69, 9.17) is 5.11 Å². The lowest BCUT2D eigenvalue weighted by Gasteiger charge is -2.22. The van der Waals surface area contributed by atoms with Crippen LogP contribution in [0.3, 0.4) is 0 Å². The lowest BCUT2D eigenvalue weighted by atomic mass is 10.2. The monoisotopic (exact) mass is 290 g/mol. The zero-order chi connectivity index (χ0) is 14.7. The Morgan fingerprint density at radius 1 is 1.05 bits per heavy atom. The number of benzene rings is 1. The second-order valence-electron chi connectivity index (χ2n) is 3.35. The normalized spacial score (nSPS) is 14.3. The third kappa shape index (κ3) is 4.95. The van der Waals surface area contributed by atoms with E-state index in [9.17, 15) is 26.3 Å². The van der Waals surface area contributed by atoms with Gasteiger partial charge in [-0.2, -0.15) is 8.78 Å². The van der Waals surface area contributed by atoms with Gasteiger partial charge in [-0.25, -0.2) is 9.13 Å². The molecule has 1 aromatic carbocycles. The third-order valence-electron chi connectivity index (χ3n) is 1.86. The second kappa shape index (κ2) is 5.66. The number of halogens is 6. The number of hydrogen-bond acceptors (Lipinski definition) is 3. The summed E-state index contributed by atoms with van der Waals surface area (Å²) in [4.78, 5) is 0. The summed E-state index contributed by atoms with van der Waals surface area (Å²) in [7, 11) is 0. The van der Waals surface area contributed by atoms with Gasteiger partial charge in [-0.05, 0) is 17.7 Å². The SMILES string of the molecule is OCc1ccc(OC(F)(F)[C@@H](F)OC(F)(F)F)cc1. The molecule has 3 nitrogen and oxygen atoms in total. The number of hydrogen-bond donors (Lipinski definition) is 1. The Balaban J connectivity index is 2.71. The van der Waals surface area contributed by atoms with Crippen molar-refractivity contribution in [2.45, 2.75) is 25.4 Å². The highest BCUT2D eigenvalue weighted by atomic mass is 19.4. The van der Waals surface area contributed by atoms with Crippen LogP contribution in [0.1, 0.15) is 5.56 Å². The summed E-state index contributed by atoms with van der Waals surface area (Å²) in [5, 5.41) is 8.68. The maximum atomic E-state index is 12.9. The zero-order valence-corrected chi connectivity index (χ0v) is 9.13. The van der Waals surface area contributed by atoms with Gasteiger partial charge in [0.2, 0.25) is 0 Å². The van der Waals surface area contributed by atoms with Crippen molar-refractivity contribution in [1.82, 2.24) is 0 Å². The molecule has 0 aliphatic carbocycles. The molecule has 1 atom stereocenters. The van der Waals surface area contributed by atoms with E-state index in [1.807, 2.05) is 0 Å². The van der Waals surface area contributed by atoms with Gasteiger partial charge < -0.3 is 9.84 Å². The predicted molar refractivity (Wildman–Crippen MR) is 50.0 cm³/mol. The van der Waals surface area contributed by atoms with Gasteiger partial charge in [0.1, 0.15) is 5.75 Å². The highest BCUT2D eigenvalue weighted by molar-refractivity contribution is 5.27. The summed E-state index contributed by atoms with van der Waals surface area (Å²) < 4.78 is 79.7. The quantitative estimate of drug-likeness (QED) is 0.847. The minimum Gasteiger partial charge on any atom is -0.429 e. The summed E-state index contributed by atoms with van der Waals surface area (Å²) in [6.07, 6.45) is -14.4. The lowest BCUT2D eigenvalue weighted by molar-refractivity contribution is -0.411. The Kier molecular flexibility index (Phi) is 4.64. The summed E-state index contributed by atoms with van der Waals surface area (Å²) in [5.41, 5.74) is 0.360. The summed E-state index contributed by atoms with van der Waals surface area (Å²) in [5.74, 6) is -0.573. The lowest BCUT2D eigenvalue weighted by Crippen LogP contribution is -2.41. The van der Waals surface area contributed by atoms with Crippen molar-refractivity contribution >= 4 is 0 Å². The fourth-order valence-electron chi connectivity index (χ4n) is 1.05. The van der Waals surface area contributed by atoms with Crippen LogP contribution in [0.25, 0.3) is 0 Å². The van der Waals surface area contributed by atoms with Crippen molar-refractivity contribution < 1.29 is 40.9 Å². The predicted octanol–water partition coefficient (Wildman–Crippen LogP) is 2.98. The highest BCUT2D eigenvalue weighted by Crippen LogP contribution is 2.31. The maximum absolute atomic E-state index is 12.9. The Morgan fingerprint density at radius 2 is 1.58 bits per heavy atom. The number of alkyl halides is 6. The molecule has 108 valence electrons. The molecule has 0 radical (unpaired) electrons. The van der Waals surface area contributed by atoms with Crippen LogP contribution in [-0.2, 0) is 11.3 Å². The van der Waals surface area contributed by atoms with Gasteiger partial charge in [-0.15, -0.1) is 13.2 Å². The van der Waals surface area contributed by atoms with Crippen molar-refractivity contribution in [3.63, 3.8) is 0 Å². The molecule has 0 amide bonds. The topological polar surface area (TPSA) is 38.7 Å². The average Bonchev–Trinajstić information content (AvgIpc) is 2.27. The number of aliphatic hydroxyl groups is 1. The molecule has 0 aliphatic rings. The first-order valence-corrected chi connectivity index (χ1v) is 4.79. The van der Waals surface area contributed by atoms with Gasteiger partial charge >= 0.3 is 18.8 Å². The maximum Gasteiger partial charge on any atom is 0.525 e. The summed E-state index contributed by atoms with van der Waals surface area (Å²) >= 11 is 0. The molecule has 0 fully saturated rings. The summed E-state index contributed by atoms with van der Waals surface area (Å²) in [6.45, 7) is -0.362. The Bertz CT molecular complexity index is 403. The largest absolute Gasteiger partial charge is 0.525 e. The second-order valence-corrected chi connectivity index (χ2v) is 3.35. The molecule has 0 heterocycles. The average molecular weight is 290 g/mol. The van der Waals surface area contributed by atoms with E-state index in [0.717, 1.165) is 12.1 Å². The van der Waals surface area contributed by atoms with Crippen molar-refractivity contribution in [3.05, 3.63) is 29.8 Å². The van der Waals surface area contributed by atoms with E-state index in [2.05, 4.69) is 9.47 Å². The van der Waals surface area contributed by atoms with E-state index in [1.165, 1.54) is 12.1 Å². The summed E-state index contributed by atoms with van der Waals surface area (Å²) in [6, 6.07) is 4.26. The van der Waals surface area contributed by atoms with Gasteiger partial charge in [0, 0.05) is 0 Å². The van der Waals surface area contributed by atoms with Crippen LogP contribution in [0.15, 0.2) is 24.3 Å². The van der Waals surface area contributed by atoms with Crippen molar-refractivity contribution in [3.8, 4) is 5.75 Å². The molecular formula is C10H8F6O3. The van der Waals surface area contributed by atoms with Crippen LogP contribution in [-0.4, -0.2) is 23.9 Å². The van der Waals surface area contributed by atoms with Crippen LogP contribution in [0.2, 0.25) is 0 Å². The van der Waals surface area contributed by atoms with Crippen molar-refractivity contribution in [2.24, 2.45) is 0 Å². The molecular weight excluding hydrogens is 282 g/mol. The molecule has 0 bridgehead atoms. The molecule has 0 aromatic heterocycles. The Hall–Kier alpha value is -1.48. The van der Waals surface area contributed by atoms with E-state index in [1.54, 1.807) is 0 Å². The molecule has 1 N–H and O–H groups in total. The number of rotatable bonds is 5. The van der Waals surface area contributed by atoms with Crippen molar-refractivity contribution in [2.75, 3.05) is 0 Å². The number of ether oxygens (including phenoxy) is 2. The van der Waals surface area contributed by atoms with Crippen LogP contribution in [0, 0.1) is 0 Å². The van der Waals surface area contributed by atoms with Gasteiger partial charge in [0.15, 0.2) is 0 Å². The molecule has 0 unspecified atom stereocenters. The molecule has 0 saturated heterocycles. The molecule has 1 aromatic rings. The van der Waals surface area contributed by atoms with Crippen LogP contribution in [0.5, 0.6) is 5.75 Å². The minimum absolute atomic E-state index is 0.360. The van der Waals surface area contributed by atoms with E-state index < -0.39 is 24.6 Å². The van der Waals surface area contributed by atoms with Gasteiger partial charge in [0.25, 0.3) is 0 Å². The van der Waals surface area contributed by atoms with Crippen LogP contribution < -0.4 is 4.74 Å². The van der Waals surface area contributed by atoms with E-state index >= 15 is 0 Å². The first-order chi connectivity index (χ1) is 8.64. The molecule has 0 saturated carbocycles. The highest BCUT2D eigenvalue weighted by Gasteiger charge is 2.50. The standard InChI is InChI=1S/C10H8F6O3/c11-8(19-10(14,15)16)9(12,13)18-7-3-1-6(5-17)2-4-7/h1-4,8,17H,5H2/t8-/m0/s1. The Labute approximate surface area is 103 Å². The fourth-order valence-corrected chi connectivity index (χ4v) is 1.05. The molecule has 0 aliphatic heterocycles. The first kappa shape index (κ1) is 15.6. The van der Waals surface area contributed by atoms with E-state index in [-0.39, 0.29) is 6.61 Å². The fraction of sp³-hybridized carbons (Fsp3) is 0.400. The van der Waals surface area contributed by atoms with E-state index in [0.29, 0.717) is 5.56 Å². The molecule has 9 heteroatoms. The molecule has 0 spiro atoms. The minimum atomic E-state index is -5.55. The van der Waals surface area contributed by atoms with Gasteiger partial charge in [-0.1, -0.05) is 12.1 Å². The van der Waals surface area contributed by atoms with Gasteiger partial charge in [-0.3, -0.25) is 0 Å². The first-order valence-electron chi connectivity index (χ1n) is 4.79. The smallest absolute Gasteiger partial charge is 0.429 e.